The summed E-state index contributed by atoms with van der Waals surface area (Å²) in [6.45, 7) is 6.49. The van der Waals surface area contributed by atoms with Gasteiger partial charge in [0.05, 0.1) is 0 Å². The van der Waals surface area contributed by atoms with E-state index in [0.717, 1.165) is 5.69 Å². The number of aromatic nitrogens is 2. The minimum Gasteiger partial charge on any atom is -0.340 e. The number of rotatable bonds is 3. The SMILES string of the molecule is CC(C)(C)c1ccccc1Nc1cc(NC#N)ncn1. The van der Waals surface area contributed by atoms with Crippen LogP contribution in [0.2, 0.25) is 0 Å². The summed E-state index contributed by atoms with van der Waals surface area (Å²) in [6, 6.07) is 9.81. The van der Waals surface area contributed by atoms with Gasteiger partial charge >= 0.3 is 0 Å². The average Bonchev–Trinajstić information content (AvgIpc) is 2.39. The molecule has 2 rings (SSSR count). The van der Waals surface area contributed by atoms with E-state index < -0.39 is 0 Å². The predicted octanol–water partition coefficient (Wildman–Crippen LogP) is 3.41. The van der Waals surface area contributed by atoms with Gasteiger partial charge in [-0.25, -0.2) is 9.97 Å². The molecule has 0 saturated carbocycles. The van der Waals surface area contributed by atoms with Crippen LogP contribution in [0.1, 0.15) is 26.3 Å². The zero-order chi connectivity index (χ0) is 14.6. The molecule has 0 fully saturated rings. The highest BCUT2D eigenvalue weighted by Crippen LogP contribution is 2.30. The highest BCUT2D eigenvalue weighted by Gasteiger charge is 2.17. The summed E-state index contributed by atoms with van der Waals surface area (Å²) >= 11 is 0. The summed E-state index contributed by atoms with van der Waals surface area (Å²) in [5.41, 5.74) is 2.24. The summed E-state index contributed by atoms with van der Waals surface area (Å²) in [4.78, 5) is 8.13. The molecule has 0 radical (unpaired) electrons. The van der Waals surface area contributed by atoms with Crippen LogP contribution in [-0.2, 0) is 5.41 Å². The van der Waals surface area contributed by atoms with Gasteiger partial charge in [-0.3, -0.25) is 5.32 Å². The lowest BCUT2D eigenvalue weighted by molar-refractivity contribution is 0.592. The highest BCUT2D eigenvalue weighted by molar-refractivity contribution is 5.64. The molecular weight excluding hydrogens is 250 g/mol. The lowest BCUT2D eigenvalue weighted by Gasteiger charge is -2.23. The number of benzene rings is 1. The second kappa shape index (κ2) is 5.57. The van der Waals surface area contributed by atoms with Gasteiger partial charge in [0.2, 0.25) is 0 Å². The van der Waals surface area contributed by atoms with E-state index in [1.807, 2.05) is 24.4 Å². The first kappa shape index (κ1) is 13.8. The Bertz CT molecular complexity index is 637. The number of hydrogen-bond acceptors (Lipinski definition) is 5. The fourth-order valence-electron chi connectivity index (χ4n) is 1.94. The molecule has 2 N–H and O–H groups in total. The van der Waals surface area contributed by atoms with E-state index >= 15 is 0 Å². The second-order valence-electron chi connectivity index (χ2n) is 5.45. The van der Waals surface area contributed by atoms with Crippen LogP contribution in [0.25, 0.3) is 0 Å². The highest BCUT2D eigenvalue weighted by atomic mass is 15.1. The van der Waals surface area contributed by atoms with Gasteiger partial charge in [0, 0.05) is 11.8 Å². The Kier molecular flexibility index (Phi) is 3.85. The van der Waals surface area contributed by atoms with E-state index in [0.29, 0.717) is 11.6 Å². The maximum atomic E-state index is 8.61. The van der Waals surface area contributed by atoms with E-state index in [1.54, 1.807) is 6.07 Å². The van der Waals surface area contributed by atoms with Gasteiger partial charge in [-0.15, -0.1) is 0 Å². The zero-order valence-electron chi connectivity index (χ0n) is 11.8. The Morgan fingerprint density at radius 3 is 2.50 bits per heavy atom. The van der Waals surface area contributed by atoms with Gasteiger partial charge in [0.1, 0.15) is 18.0 Å². The summed E-state index contributed by atoms with van der Waals surface area (Å²) in [7, 11) is 0. The third-order valence-electron chi connectivity index (χ3n) is 2.85. The number of anilines is 3. The molecular formula is C15H17N5. The molecule has 1 aromatic carbocycles. The maximum Gasteiger partial charge on any atom is 0.182 e. The van der Waals surface area contributed by atoms with Gasteiger partial charge < -0.3 is 5.32 Å². The van der Waals surface area contributed by atoms with Crippen molar-refractivity contribution in [2.24, 2.45) is 0 Å². The molecule has 20 heavy (non-hydrogen) atoms. The van der Waals surface area contributed by atoms with Crippen molar-refractivity contribution in [2.45, 2.75) is 26.2 Å². The van der Waals surface area contributed by atoms with Crippen molar-refractivity contribution in [2.75, 3.05) is 10.6 Å². The third kappa shape index (κ3) is 3.23. The van der Waals surface area contributed by atoms with Crippen molar-refractivity contribution in [3.63, 3.8) is 0 Å². The lowest BCUT2D eigenvalue weighted by atomic mass is 9.86. The second-order valence-corrected chi connectivity index (χ2v) is 5.45. The van der Waals surface area contributed by atoms with Crippen LogP contribution in [0.3, 0.4) is 0 Å². The van der Waals surface area contributed by atoms with E-state index in [1.165, 1.54) is 11.9 Å². The first-order valence-corrected chi connectivity index (χ1v) is 6.34. The number of nitrogens with zero attached hydrogens (tertiary/aromatic N) is 3. The van der Waals surface area contributed by atoms with Crippen molar-refractivity contribution in [1.29, 1.82) is 5.26 Å². The molecule has 102 valence electrons. The zero-order valence-corrected chi connectivity index (χ0v) is 11.8. The first-order valence-electron chi connectivity index (χ1n) is 6.34. The molecule has 0 spiro atoms. The predicted molar refractivity (Wildman–Crippen MR) is 79.7 cm³/mol. The van der Waals surface area contributed by atoms with Gasteiger partial charge in [-0.2, -0.15) is 5.26 Å². The summed E-state index contributed by atoms with van der Waals surface area (Å²) in [6.07, 6.45) is 3.26. The number of nitrogens with one attached hydrogen (secondary N) is 2. The fourth-order valence-corrected chi connectivity index (χ4v) is 1.94. The van der Waals surface area contributed by atoms with Crippen molar-refractivity contribution in [3.8, 4) is 6.19 Å². The van der Waals surface area contributed by atoms with Crippen LogP contribution >= 0.6 is 0 Å². The van der Waals surface area contributed by atoms with Crippen LogP contribution in [0.4, 0.5) is 17.3 Å². The van der Waals surface area contributed by atoms with Gasteiger partial charge in [-0.1, -0.05) is 39.0 Å². The molecule has 0 atom stereocenters. The van der Waals surface area contributed by atoms with Crippen LogP contribution in [-0.4, -0.2) is 9.97 Å². The minimum atomic E-state index is 0.0321. The van der Waals surface area contributed by atoms with E-state index in [4.69, 9.17) is 5.26 Å². The maximum absolute atomic E-state index is 8.61. The lowest BCUT2D eigenvalue weighted by Crippen LogP contribution is -2.13. The van der Waals surface area contributed by atoms with Gasteiger partial charge in [0.25, 0.3) is 0 Å². The molecule has 0 bridgehead atoms. The Morgan fingerprint density at radius 1 is 1.10 bits per heavy atom. The molecule has 0 aliphatic carbocycles. The number of para-hydroxylation sites is 1. The molecule has 5 heteroatoms. The Balaban J connectivity index is 2.31. The van der Waals surface area contributed by atoms with E-state index in [2.05, 4.69) is 47.4 Å². The van der Waals surface area contributed by atoms with Crippen LogP contribution in [0.5, 0.6) is 0 Å². The van der Waals surface area contributed by atoms with Crippen LogP contribution < -0.4 is 10.6 Å². The number of nitriles is 1. The molecule has 2 aromatic rings. The number of hydrogen-bond donors (Lipinski definition) is 2. The Morgan fingerprint density at radius 2 is 1.80 bits per heavy atom. The van der Waals surface area contributed by atoms with Crippen molar-refractivity contribution < 1.29 is 0 Å². The van der Waals surface area contributed by atoms with Crippen molar-refractivity contribution >= 4 is 17.3 Å². The Labute approximate surface area is 118 Å². The molecule has 1 aromatic heterocycles. The summed E-state index contributed by atoms with van der Waals surface area (Å²) in [5, 5.41) is 14.4. The van der Waals surface area contributed by atoms with Gasteiger partial charge in [0.15, 0.2) is 6.19 Å². The molecule has 1 heterocycles. The van der Waals surface area contributed by atoms with Gasteiger partial charge in [-0.05, 0) is 17.0 Å². The smallest absolute Gasteiger partial charge is 0.182 e. The first-order chi connectivity index (χ1) is 9.50. The van der Waals surface area contributed by atoms with E-state index in [9.17, 15) is 0 Å². The standard InChI is InChI=1S/C15H17N5/c1-15(2,3)11-6-4-5-7-12(11)20-14-8-13(17-9-16)18-10-19-14/h4-8,10H,1-3H3,(H2,17,18,19,20). The van der Waals surface area contributed by atoms with Crippen LogP contribution in [0.15, 0.2) is 36.7 Å². The normalized spacial score (nSPS) is 10.7. The summed E-state index contributed by atoms with van der Waals surface area (Å²) in [5.74, 6) is 1.12. The Hall–Kier alpha value is -2.61. The topological polar surface area (TPSA) is 73.6 Å². The molecule has 0 unspecified atom stereocenters. The third-order valence-corrected chi connectivity index (χ3v) is 2.85. The minimum absolute atomic E-state index is 0.0321. The van der Waals surface area contributed by atoms with E-state index in [-0.39, 0.29) is 5.41 Å². The van der Waals surface area contributed by atoms with Crippen molar-refractivity contribution in [1.82, 2.24) is 9.97 Å². The van der Waals surface area contributed by atoms with Crippen LogP contribution in [0, 0.1) is 11.5 Å². The molecule has 0 saturated heterocycles. The monoisotopic (exact) mass is 267 g/mol. The summed E-state index contributed by atoms with van der Waals surface area (Å²) < 4.78 is 0. The fraction of sp³-hybridized carbons (Fsp3) is 0.267. The molecule has 0 amide bonds. The van der Waals surface area contributed by atoms with Crippen molar-refractivity contribution in [3.05, 3.63) is 42.2 Å². The quantitative estimate of drug-likeness (QED) is 0.658. The average molecular weight is 267 g/mol. The molecule has 0 aliphatic rings. The molecule has 5 nitrogen and oxygen atoms in total. The largest absolute Gasteiger partial charge is 0.340 e. The molecule has 0 aliphatic heterocycles.